The fourth-order valence-corrected chi connectivity index (χ4v) is 3.54. The summed E-state index contributed by atoms with van der Waals surface area (Å²) in [5.74, 6) is 0.345. The fourth-order valence-electron chi connectivity index (χ4n) is 3.54. The number of rotatable bonds is 4. The van der Waals surface area contributed by atoms with Crippen molar-refractivity contribution in [3.8, 4) is 0 Å². The third kappa shape index (κ3) is 3.78. The van der Waals surface area contributed by atoms with Crippen molar-refractivity contribution in [2.24, 2.45) is 17.3 Å². The largest absolute Gasteiger partial charge is 0.319 e. The van der Waals surface area contributed by atoms with E-state index in [9.17, 15) is 8.78 Å². The van der Waals surface area contributed by atoms with Gasteiger partial charge < -0.3 is 5.32 Å². The Morgan fingerprint density at radius 1 is 1.25 bits per heavy atom. The second-order valence-corrected chi connectivity index (χ2v) is 6.92. The molecule has 0 saturated heterocycles. The smallest absolute Gasteiger partial charge is 0.126 e. The van der Waals surface area contributed by atoms with Gasteiger partial charge in [-0.2, -0.15) is 0 Å². The summed E-state index contributed by atoms with van der Waals surface area (Å²) in [6.45, 7) is 5.51. The predicted molar refractivity (Wildman–Crippen MR) is 78.6 cm³/mol. The Hall–Kier alpha value is -0.960. The molecule has 112 valence electrons. The predicted octanol–water partition coefficient (Wildman–Crippen LogP) is 4.17. The highest BCUT2D eigenvalue weighted by Crippen LogP contribution is 2.43. The molecule has 1 nitrogen and oxygen atoms in total. The number of benzene rings is 1. The van der Waals surface area contributed by atoms with Gasteiger partial charge in [0.25, 0.3) is 0 Å². The SMILES string of the molecule is CNCC1CCC(C)(C)CC1Cc1cc(F)ccc1F. The van der Waals surface area contributed by atoms with Crippen molar-refractivity contribution >= 4 is 0 Å². The fraction of sp³-hybridized carbons (Fsp3) is 0.647. The standard InChI is InChI=1S/C17H25F2N/c1-17(2)7-6-12(11-20-3)14(10-17)8-13-9-15(18)4-5-16(13)19/h4-5,9,12,14,20H,6-8,10-11H2,1-3H3. The molecule has 0 bridgehead atoms. The summed E-state index contributed by atoms with van der Waals surface area (Å²) in [5.41, 5.74) is 0.826. The van der Waals surface area contributed by atoms with E-state index in [1.807, 2.05) is 7.05 Å². The average Bonchev–Trinajstić information content (AvgIpc) is 2.37. The van der Waals surface area contributed by atoms with Crippen molar-refractivity contribution in [1.29, 1.82) is 0 Å². The topological polar surface area (TPSA) is 12.0 Å². The van der Waals surface area contributed by atoms with Crippen molar-refractivity contribution in [3.05, 3.63) is 35.4 Å². The number of hydrogen-bond donors (Lipinski definition) is 1. The van der Waals surface area contributed by atoms with E-state index in [0.717, 1.165) is 19.4 Å². The van der Waals surface area contributed by atoms with Gasteiger partial charge in [-0.1, -0.05) is 13.8 Å². The van der Waals surface area contributed by atoms with E-state index < -0.39 is 0 Å². The van der Waals surface area contributed by atoms with E-state index in [2.05, 4.69) is 19.2 Å². The Bertz CT molecular complexity index is 456. The monoisotopic (exact) mass is 281 g/mol. The quantitative estimate of drug-likeness (QED) is 0.873. The highest BCUT2D eigenvalue weighted by molar-refractivity contribution is 5.19. The summed E-state index contributed by atoms with van der Waals surface area (Å²) in [7, 11) is 1.96. The Morgan fingerprint density at radius 2 is 2.00 bits per heavy atom. The van der Waals surface area contributed by atoms with E-state index in [1.54, 1.807) is 0 Å². The molecule has 1 aliphatic rings. The van der Waals surface area contributed by atoms with Crippen molar-refractivity contribution in [3.63, 3.8) is 0 Å². The molecule has 2 atom stereocenters. The van der Waals surface area contributed by atoms with Gasteiger partial charge in [-0.05, 0) is 80.3 Å². The third-order valence-corrected chi connectivity index (χ3v) is 4.63. The minimum Gasteiger partial charge on any atom is -0.319 e. The van der Waals surface area contributed by atoms with Crippen molar-refractivity contribution < 1.29 is 8.78 Å². The van der Waals surface area contributed by atoms with Gasteiger partial charge in [-0.3, -0.25) is 0 Å². The van der Waals surface area contributed by atoms with Crippen LogP contribution >= 0.6 is 0 Å². The second kappa shape index (κ2) is 6.21. The second-order valence-electron chi connectivity index (χ2n) is 6.92. The van der Waals surface area contributed by atoms with Gasteiger partial charge in [-0.25, -0.2) is 8.78 Å². The van der Waals surface area contributed by atoms with E-state index in [1.165, 1.54) is 24.6 Å². The molecule has 1 fully saturated rings. The lowest BCUT2D eigenvalue weighted by Crippen LogP contribution is -2.36. The summed E-state index contributed by atoms with van der Waals surface area (Å²) in [4.78, 5) is 0. The van der Waals surface area contributed by atoms with E-state index in [0.29, 0.717) is 29.2 Å². The highest BCUT2D eigenvalue weighted by atomic mass is 19.1. The van der Waals surface area contributed by atoms with Crippen LogP contribution in [0.3, 0.4) is 0 Å². The minimum atomic E-state index is -0.346. The first-order chi connectivity index (χ1) is 9.41. The zero-order chi connectivity index (χ0) is 14.8. The molecule has 0 heterocycles. The molecule has 3 heteroatoms. The van der Waals surface area contributed by atoms with E-state index in [4.69, 9.17) is 0 Å². The van der Waals surface area contributed by atoms with Crippen molar-refractivity contribution in [2.75, 3.05) is 13.6 Å². The van der Waals surface area contributed by atoms with Crippen LogP contribution in [0.4, 0.5) is 8.78 Å². The maximum absolute atomic E-state index is 13.8. The first kappa shape index (κ1) is 15.4. The Kier molecular flexibility index (Phi) is 4.79. The van der Waals surface area contributed by atoms with Gasteiger partial charge in [0, 0.05) is 0 Å². The number of hydrogen-bond acceptors (Lipinski definition) is 1. The maximum atomic E-state index is 13.8. The van der Waals surface area contributed by atoms with Crippen LogP contribution in [-0.4, -0.2) is 13.6 Å². The lowest BCUT2D eigenvalue weighted by atomic mass is 9.65. The van der Waals surface area contributed by atoms with Crippen LogP contribution in [0.25, 0.3) is 0 Å². The molecule has 0 spiro atoms. The summed E-state index contributed by atoms with van der Waals surface area (Å²) in [6.07, 6.45) is 4.09. The van der Waals surface area contributed by atoms with Crippen LogP contribution < -0.4 is 5.32 Å². The molecule has 0 aliphatic heterocycles. The Labute approximate surface area is 120 Å². The van der Waals surface area contributed by atoms with Crippen LogP contribution in [0.1, 0.15) is 38.7 Å². The van der Waals surface area contributed by atoms with Gasteiger partial charge in [0.1, 0.15) is 11.6 Å². The molecule has 0 aromatic heterocycles. The molecule has 1 N–H and O–H groups in total. The molecule has 2 rings (SSSR count). The molecule has 1 aliphatic carbocycles. The summed E-state index contributed by atoms with van der Waals surface area (Å²) in [6, 6.07) is 3.79. The molecule has 0 radical (unpaired) electrons. The molecule has 1 saturated carbocycles. The van der Waals surface area contributed by atoms with E-state index >= 15 is 0 Å². The van der Waals surface area contributed by atoms with Crippen LogP contribution in [0, 0.1) is 28.9 Å². The number of halogens is 2. The van der Waals surface area contributed by atoms with Gasteiger partial charge in [0.15, 0.2) is 0 Å². The zero-order valence-corrected chi connectivity index (χ0v) is 12.7. The Balaban J connectivity index is 2.16. The molecule has 1 aromatic carbocycles. The summed E-state index contributed by atoms with van der Waals surface area (Å²) < 4.78 is 27.2. The lowest BCUT2D eigenvalue weighted by Gasteiger charge is -2.41. The van der Waals surface area contributed by atoms with E-state index in [-0.39, 0.29) is 11.6 Å². The van der Waals surface area contributed by atoms with Crippen LogP contribution in [-0.2, 0) is 6.42 Å². The Morgan fingerprint density at radius 3 is 2.70 bits per heavy atom. The first-order valence-corrected chi connectivity index (χ1v) is 7.50. The molecule has 20 heavy (non-hydrogen) atoms. The molecule has 2 unspecified atom stereocenters. The maximum Gasteiger partial charge on any atom is 0.126 e. The summed E-state index contributed by atoms with van der Waals surface area (Å²) >= 11 is 0. The minimum absolute atomic E-state index is 0.280. The van der Waals surface area contributed by atoms with Gasteiger partial charge >= 0.3 is 0 Å². The van der Waals surface area contributed by atoms with Crippen LogP contribution in [0.5, 0.6) is 0 Å². The van der Waals surface area contributed by atoms with Gasteiger partial charge in [0.05, 0.1) is 0 Å². The summed E-state index contributed by atoms with van der Waals surface area (Å²) in [5, 5.41) is 3.24. The molecule has 0 amide bonds. The van der Waals surface area contributed by atoms with Crippen molar-refractivity contribution in [1.82, 2.24) is 5.32 Å². The van der Waals surface area contributed by atoms with Crippen LogP contribution in [0.2, 0.25) is 0 Å². The zero-order valence-electron chi connectivity index (χ0n) is 12.7. The number of nitrogens with one attached hydrogen (secondary N) is 1. The molecular formula is C17H25F2N. The molecular weight excluding hydrogens is 256 g/mol. The van der Waals surface area contributed by atoms with Crippen molar-refractivity contribution in [2.45, 2.75) is 39.5 Å². The first-order valence-electron chi connectivity index (χ1n) is 7.50. The van der Waals surface area contributed by atoms with Gasteiger partial charge in [-0.15, -0.1) is 0 Å². The highest BCUT2D eigenvalue weighted by Gasteiger charge is 2.34. The van der Waals surface area contributed by atoms with Gasteiger partial charge in [0.2, 0.25) is 0 Å². The third-order valence-electron chi connectivity index (χ3n) is 4.63. The lowest BCUT2D eigenvalue weighted by molar-refractivity contribution is 0.116. The average molecular weight is 281 g/mol. The van der Waals surface area contributed by atoms with Crippen LogP contribution in [0.15, 0.2) is 18.2 Å². The molecule has 1 aromatic rings. The normalized spacial score (nSPS) is 25.6.